The molecule has 0 aliphatic heterocycles. The van der Waals surface area contributed by atoms with E-state index in [1.807, 2.05) is 24.3 Å². The van der Waals surface area contributed by atoms with E-state index in [4.69, 9.17) is 9.26 Å². The lowest BCUT2D eigenvalue weighted by Crippen LogP contribution is -2.20. The van der Waals surface area contributed by atoms with Crippen LogP contribution in [0.4, 0.5) is 13.2 Å². The average molecular weight is 511 g/mol. The Balaban J connectivity index is 1.35. The second-order valence-electron chi connectivity index (χ2n) is 8.67. The summed E-state index contributed by atoms with van der Waals surface area (Å²) in [6, 6.07) is 15.6. The molecule has 0 N–H and O–H groups in total. The zero-order valence-electron chi connectivity index (χ0n) is 19.5. The Labute approximate surface area is 208 Å². The molecular formula is C26H20F3N3O5. The van der Waals surface area contributed by atoms with Crippen LogP contribution in [0.2, 0.25) is 0 Å². The van der Waals surface area contributed by atoms with Crippen molar-refractivity contribution in [1.82, 2.24) is 14.7 Å². The van der Waals surface area contributed by atoms with Crippen LogP contribution in [0.1, 0.15) is 30.9 Å². The van der Waals surface area contributed by atoms with Gasteiger partial charge in [-0.15, -0.1) is 13.2 Å². The average Bonchev–Trinajstić information content (AvgIpc) is 3.44. The summed E-state index contributed by atoms with van der Waals surface area (Å²) in [7, 11) is 0. The van der Waals surface area contributed by atoms with Gasteiger partial charge >= 0.3 is 12.3 Å². The fraction of sp³-hybridized carbons (Fsp3) is 0.231. The number of alkyl halides is 3. The highest BCUT2D eigenvalue weighted by Gasteiger charge is 2.48. The van der Waals surface area contributed by atoms with Crippen LogP contribution in [-0.2, 0) is 21.7 Å². The SMILES string of the molecule is CC(=O)OC1(c2cccc(Cn3cc(-c4nc(-c5ccc(OC(F)(F)F)cc5)no4)ccc3=O)c2)CC1. The van der Waals surface area contributed by atoms with Crippen molar-refractivity contribution >= 4 is 5.97 Å². The molecule has 0 unspecified atom stereocenters. The number of hydrogen-bond acceptors (Lipinski definition) is 7. The standard InChI is InChI=1S/C26H20F3N3O5/c1-16(33)35-25(11-12-25)20-4-2-3-17(13-20)14-32-15-19(7-10-22(32)34)24-30-23(31-37-24)18-5-8-21(9-6-18)36-26(27,28)29/h2-10,13,15H,11-12,14H2,1H3. The Hall–Kier alpha value is -4.41. The number of benzene rings is 2. The molecule has 11 heteroatoms. The van der Waals surface area contributed by atoms with Crippen LogP contribution in [0.5, 0.6) is 5.75 Å². The monoisotopic (exact) mass is 511 g/mol. The third-order valence-electron chi connectivity index (χ3n) is 5.85. The van der Waals surface area contributed by atoms with Gasteiger partial charge < -0.3 is 18.6 Å². The molecule has 5 rings (SSSR count). The van der Waals surface area contributed by atoms with Gasteiger partial charge in [0.25, 0.3) is 11.4 Å². The molecule has 0 amide bonds. The molecule has 0 bridgehead atoms. The quantitative estimate of drug-likeness (QED) is 0.320. The summed E-state index contributed by atoms with van der Waals surface area (Å²) in [4.78, 5) is 28.3. The van der Waals surface area contributed by atoms with Gasteiger partial charge in [0, 0.05) is 24.8 Å². The molecular weight excluding hydrogens is 491 g/mol. The van der Waals surface area contributed by atoms with Gasteiger partial charge in [-0.2, -0.15) is 4.98 Å². The third-order valence-corrected chi connectivity index (χ3v) is 5.85. The maximum atomic E-state index is 12.5. The molecule has 1 aliphatic rings. The summed E-state index contributed by atoms with van der Waals surface area (Å²) in [5, 5.41) is 3.89. The molecule has 4 aromatic rings. The van der Waals surface area contributed by atoms with E-state index in [9.17, 15) is 22.8 Å². The topological polar surface area (TPSA) is 96.5 Å². The molecule has 37 heavy (non-hydrogen) atoms. The van der Waals surface area contributed by atoms with E-state index in [-0.39, 0.29) is 35.5 Å². The van der Waals surface area contributed by atoms with E-state index >= 15 is 0 Å². The molecule has 8 nitrogen and oxygen atoms in total. The van der Waals surface area contributed by atoms with Gasteiger partial charge in [-0.25, -0.2) is 0 Å². The first-order valence-corrected chi connectivity index (χ1v) is 11.3. The van der Waals surface area contributed by atoms with E-state index in [1.165, 1.54) is 29.7 Å². The predicted molar refractivity (Wildman–Crippen MR) is 124 cm³/mol. The number of halogens is 3. The maximum absolute atomic E-state index is 12.5. The van der Waals surface area contributed by atoms with Crippen LogP contribution < -0.4 is 10.3 Å². The first-order valence-electron chi connectivity index (χ1n) is 11.3. The summed E-state index contributed by atoms with van der Waals surface area (Å²) in [6.45, 7) is 1.65. The summed E-state index contributed by atoms with van der Waals surface area (Å²) < 4.78 is 53.3. The minimum Gasteiger partial charge on any atom is -0.454 e. The van der Waals surface area contributed by atoms with Gasteiger partial charge in [0.2, 0.25) is 5.82 Å². The Bertz CT molecular complexity index is 1500. The van der Waals surface area contributed by atoms with E-state index < -0.39 is 12.0 Å². The first-order chi connectivity index (χ1) is 17.6. The second kappa shape index (κ2) is 9.23. The number of hydrogen-bond donors (Lipinski definition) is 0. The van der Waals surface area contributed by atoms with Crippen molar-refractivity contribution in [2.24, 2.45) is 0 Å². The smallest absolute Gasteiger partial charge is 0.454 e. The van der Waals surface area contributed by atoms with E-state index in [1.54, 1.807) is 12.3 Å². The van der Waals surface area contributed by atoms with Gasteiger partial charge in [-0.1, -0.05) is 29.4 Å². The molecule has 1 saturated carbocycles. The lowest BCUT2D eigenvalue weighted by Gasteiger charge is -2.17. The van der Waals surface area contributed by atoms with Gasteiger partial charge in [-0.05, 0) is 54.3 Å². The van der Waals surface area contributed by atoms with Crippen LogP contribution in [0.15, 0.2) is 76.2 Å². The third kappa shape index (κ3) is 5.55. The Kier molecular flexibility index (Phi) is 6.06. The molecule has 190 valence electrons. The molecule has 0 saturated heterocycles. The van der Waals surface area contributed by atoms with E-state index in [0.717, 1.165) is 36.1 Å². The van der Waals surface area contributed by atoms with Crippen LogP contribution >= 0.6 is 0 Å². The number of carbonyl (C=O) groups excluding carboxylic acids is 1. The predicted octanol–water partition coefficient (Wildman–Crippen LogP) is 5.06. The Morgan fingerprint density at radius 3 is 2.49 bits per heavy atom. The Morgan fingerprint density at radius 2 is 1.81 bits per heavy atom. The van der Waals surface area contributed by atoms with Crippen LogP contribution in [0, 0.1) is 0 Å². The fourth-order valence-electron chi connectivity index (χ4n) is 4.03. The number of pyridine rings is 1. The zero-order valence-corrected chi connectivity index (χ0v) is 19.5. The molecule has 0 spiro atoms. The maximum Gasteiger partial charge on any atom is 0.573 e. The number of rotatable bonds is 7. The minimum atomic E-state index is -4.78. The molecule has 0 radical (unpaired) electrons. The highest BCUT2D eigenvalue weighted by molar-refractivity contribution is 5.67. The largest absolute Gasteiger partial charge is 0.573 e. The van der Waals surface area contributed by atoms with Crippen LogP contribution in [-0.4, -0.2) is 27.0 Å². The van der Waals surface area contributed by atoms with Gasteiger partial charge in [0.15, 0.2) is 0 Å². The van der Waals surface area contributed by atoms with Crippen LogP contribution in [0.25, 0.3) is 22.8 Å². The second-order valence-corrected chi connectivity index (χ2v) is 8.67. The molecule has 1 aliphatic carbocycles. The van der Waals surface area contributed by atoms with Crippen molar-refractivity contribution in [3.05, 3.63) is 88.3 Å². The van der Waals surface area contributed by atoms with Gasteiger partial charge in [0.05, 0.1) is 12.1 Å². The number of nitrogens with zero attached hydrogens (tertiary/aromatic N) is 3. The first kappa shape index (κ1) is 24.3. The van der Waals surface area contributed by atoms with Gasteiger partial charge in [0.1, 0.15) is 11.4 Å². The van der Waals surface area contributed by atoms with Gasteiger partial charge in [-0.3, -0.25) is 9.59 Å². The zero-order chi connectivity index (χ0) is 26.2. The molecule has 2 aromatic heterocycles. The summed E-state index contributed by atoms with van der Waals surface area (Å²) in [6.07, 6.45) is -1.69. The van der Waals surface area contributed by atoms with Crippen molar-refractivity contribution < 1.29 is 32.0 Å². The van der Waals surface area contributed by atoms with Crippen molar-refractivity contribution in [2.75, 3.05) is 0 Å². The number of esters is 1. The highest BCUT2D eigenvalue weighted by atomic mass is 19.4. The van der Waals surface area contributed by atoms with Crippen molar-refractivity contribution in [3.63, 3.8) is 0 Å². The molecule has 2 aromatic carbocycles. The molecule has 1 fully saturated rings. The van der Waals surface area contributed by atoms with E-state index in [2.05, 4.69) is 14.9 Å². The summed E-state index contributed by atoms with van der Waals surface area (Å²) in [5.74, 6) is -0.396. The number of ether oxygens (including phenoxy) is 2. The Morgan fingerprint density at radius 1 is 1.08 bits per heavy atom. The van der Waals surface area contributed by atoms with E-state index in [0.29, 0.717) is 11.1 Å². The minimum absolute atomic E-state index is 0.139. The lowest BCUT2D eigenvalue weighted by atomic mass is 10.0. The summed E-state index contributed by atoms with van der Waals surface area (Å²) >= 11 is 0. The molecule has 2 heterocycles. The molecule has 0 atom stereocenters. The normalized spacial score (nSPS) is 14.3. The number of carbonyl (C=O) groups is 1. The number of aromatic nitrogens is 3. The van der Waals surface area contributed by atoms with Crippen molar-refractivity contribution in [1.29, 1.82) is 0 Å². The highest BCUT2D eigenvalue weighted by Crippen LogP contribution is 2.49. The van der Waals surface area contributed by atoms with Crippen molar-refractivity contribution in [2.45, 2.75) is 38.3 Å². The fourth-order valence-corrected chi connectivity index (χ4v) is 4.03. The summed E-state index contributed by atoms with van der Waals surface area (Å²) in [5.41, 5.74) is 1.82. The lowest BCUT2D eigenvalue weighted by molar-refractivity contribution is -0.274. The van der Waals surface area contributed by atoms with Crippen LogP contribution in [0.3, 0.4) is 0 Å². The van der Waals surface area contributed by atoms with Crippen molar-refractivity contribution in [3.8, 4) is 28.6 Å².